The van der Waals surface area contributed by atoms with Gasteiger partial charge in [0.15, 0.2) is 0 Å². The Morgan fingerprint density at radius 2 is 1.91 bits per heavy atom. The molecule has 0 saturated heterocycles. The topological polar surface area (TPSA) is 92.1 Å². The number of pyridine rings is 1. The van der Waals surface area contributed by atoms with Crippen molar-refractivity contribution in [3.63, 3.8) is 0 Å². The molecule has 0 radical (unpaired) electrons. The molecular formula is C26H21N3O3S. The number of ether oxygens (including phenoxy) is 1. The number of amides is 1. The summed E-state index contributed by atoms with van der Waals surface area (Å²) in [6.45, 7) is 5.62. The van der Waals surface area contributed by atoms with Gasteiger partial charge < -0.3 is 10.1 Å². The first kappa shape index (κ1) is 22.2. The quantitative estimate of drug-likeness (QED) is 0.379. The lowest BCUT2D eigenvalue weighted by Gasteiger charge is -2.10. The van der Waals surface area contributed by atoms with Crippen molar-refractivity contribution in [2.45, 2.75) is 20.8 Å². The molecule has 0 unspecified atom stereocenters. The molecule has 4 rings (SSSR count). The maximum Gasteiger partial charge on any atom is 0.348 e. The Hall–Kier alpha value is -4.02. The van der Waals surface area contributed by atoms with Crippen molar-refractivity contribution in [3.05, 3.63) is 81.7 Å². The number of rotatable bonds is 5. The predicted molar refractivity (Wildman–Crippen MR) is 130 cm³/mol. The van der Waals surface area contributed by atoms with E-state index in [-0.39, 0.29) is 18.1 Å². The van der Waals surface area contributed by atoms with Crippen LogP contribution in [0.25, 0.3) is 22.2 Å². The number of hydrogen-bond acceptors (Lipinski definition) is 6. The lowest BCUT2D eigenvalue weighted by Crippen LogP contribution is -2.13. The summed E-state index contributed by atoms with van der Waals surface area (Å²) in [6, 6.07) is 19.2. The fraction of sp³-hybridized carbons (Fsp3) is 0.154. The van der Waals surface area contributed by atoms with E-state index >= 15 is 0 Å². The van der Waals surface area contributed by atoms with E-state index in [0.29, 0.717) is 37.6 Å². The number of para-hydroxylation sites is 1. The lowest BCUT2D eigenvalue weighted by molar-refractivity contribution is 0.0531. The number of carbonyl (C=O) groups is 2. The maximum atomic E-state index is 13.4. The molecule has 6 nitrogen and oxygen atoms in total. The third-order valence-electron chi connectivity index (χ3n) is 5.22. The molecule has 1 amide bonds. The molecule has 2 aromatic heterocycles. The van der Waals surface area contributed by atoms with Crippen molar-refractivity contribution in [3.8, 4) is 17.3 Å². The highest BCUT2D eigenvalue weighted by Gasteiger charge is 2.23. The molecule has 0 spiro atoms. The van der Waals surface area contributed by atoms with Crippen molar-refractivity contribution in [2.24, 2.45) is 0 Å². The number of nitrogens with zero attached hydrogens (tertiary/aromatic N) is 2. The number of carbonyl (C=O) groups excluding carboxylic acids is 2. The van der Waals surface area contributed by atoms with Gasteiger partial charge in [0, 0.05) is 10.9 Å². The predicted octanol–water partition coefficient (Wildman–Crippen LogP) is 5.88. The zero-order chi connectivity index (χ0) is 23.5. The second-order valence-corrected chi connectivity index (χ2v) is 8.51. The lowest BCUT2D eigenvalue weighted by atomic mass is 10.0. The molecule has 0 aliphatic carbocycles. The van der Waals surface area contributed by atoms with Crippen molar-refractivity contribution in [1.29, 1.82) is 5.26 Å². The number of aromatic nitrogens is 1. The zero-order valence-corrected chi connectivity index (χ0v) is 19.2. The number of aryl methyl sites for hydroxylation is 1. The monoisotopic (exact) mass is 455 g/mol. The number of nitriles is 1. The summed E-state index contributed by atoms with van der Waals surface area (Å²) in [5.74, 6) is -0.885. The SMILES string of the molecule is CCOC(=O)c1sc(NC(=O)c2cc(-c3cccc(C)c3)nc3ccccc23)c(C#N)c1C. The van der Waals surface area contributed by atoms with Crippen LogP contribution in [-0.2, 0) is 4.74 Å². The summed E-state index contributed by atoms with van der Waals surface area (Å²) in [6.07, 6.45) is 0. The van der Waals surface area contributed by atoms with E-state index in [9.17, 15) is 14.9 Å². The van der Waals surface area contributed by atoms with Crippen molar-refractivity contribution in [2.75, 3.05) is 11.9 Å². The number of hydrogen-bond donors (Lipinski definition) is 1. The van der Waals surface area contributed by atoms with Crippen LogP contribution in [0, 0.1) is 25.2 Å². The summed E-state index contributed by atoms with van der Waals surface area (Å²) in [7, 11) is 0. The Labute approximate surface area is 195 Å². The van der Waals surface area contributed by atoms with Crippen molar-refractivity contribution >= 4 is 39.1 Å². The highest BCUT2D eigenvalue weighted by Crippen LogP contribution is 2.34. The number of thiophene rings is 1. The van der Waals surface area contributed by atoms with Crippen LogP contribution < -0.4 is 5.32 Å². The summed E-state index contributed by atoms with van der Waals surface area (Å²) in [5.41, 5.74) is 4.56. The Morgan fingerprint density at radius 3 is 2.64 bits per heavy atom. The molecule has 0 atom stereocenters. The fourth-order valence-corrected chi connectivity index (χ4v) is 4.66. The third kappa shape index (κ3) is 4.34. The third-order valence-corrected chi connectivity index (χ3v) is 6.41. The highest BCUT2D eigenvalue weighted by atomic mass is 32.1. The molecule has 0 saturated carbocycles. The van der Waals surface area contributed by atoms with Gasteiger partial charge in [0.2, 0.25) is 0 Å². The highest BCUT2D eigenvalue weighted by molar-refractivity contribution is 7.18. The first-order valence-corrected chi connectivity index (χ1v) is 11.2. The van der Waals surface area contributed by atoms with Gasteiger partial charge >= 0.3 is 5.97 Å². The van der Waals surface area contributed by atoms with E-state index in [0.717, 1.165) is 22.5 Å². The summed E-state index contributed by atoms with van der Waals surface area (Å²) >= 11 is 1.05. The molecule has 4 aromatic rings. The van der Waals surface area contributed by atoms with Crippen LogP contribution in [-0.4, -0.2) is 23.5 Å². The van der Waals surface area contributed by atoms with Crippen molar-refractivity contribution in [1.82, 2.24) is 4.98 Å². The zero-order valence-electron chi connectivity index (χ0n) is 18.4. The standard InChI is InChI=1S/C26H21N3O3S/c1-4-32-26(31)23-16(3)20(14-27)25(33-23)29-24(30)19-13-22(17-9-7-8-15(2)12-17)28-21-11-6-5-10-18(19)21/h5-13H,4H2,1-3H3,(H,29,30). The maximum absolute atomic E-state index is 13.4. The van der Waals surface area contributed by atoms with Gasteiger partial charge in [-0.2, -0.15) is 5.26 Å². The second-order valence-electron chi connectivity index (χ2n) is 7.49. The van der Waals surface area contributed by atoms with Crippen LogP contribution in [0.1, 0.15) is 43.6 Å². The van der Waals surface area contributed by atoms with Gasteiger partial charge in [0.05, 0.1) is 28.9 Å². The Bertz CT molecular complexity index is 1430. The molecule has 33 heavy (non-hydrogen) atoms. The summed E-state index contributed by atoms with van der Waals surface area (Å²) in [5, 5.41) is 13.5. The minimum Gasteiger partial charge on any atom is -0.462 e. The van der Waals surface area contributed by atoms with Crippen LogP contribution >= 0.6 is 11.3 Å². The molecular weight excluding hydrogens is 434 g/mol. The minimum atomic E-state index is -0.506. The largest absolute Gasteiger partial charge is 0.462 e. The molecule has 164 valence electrons. The van der Waals surface area contributed by atoms with Crippen LogP contribution in [0.2, 0.25) is 0 Å². The first-order valence-electron chi connectivity index (χ1n) is 10.4. The van der Waals surface area contributed by atoms with Gasteiger partial charge in [0.1, 0.15) is 15.9 Å². The summed E-state index contributed by atoms with van der Waals surface area (Å²) in [4.78, 5) is 30.7. The molecule has 0 aliphatic heterocycles. The van der Waals surface area contributed by atoms with E-state index in [1.807, 2.05) is 55.5 Å². The molecule has 1 N–H and O–H groups in total. The average Bonchev–Trinajstić information content (AvgIpc) is 3.13. The van der Waals surface area contributed by atoms with E-state index in [4.69, 9.17) is 9.72 Å². The van der Waals surface area contributed by atoms with Gasteiger partial charge in [-0.15, -0.1) is 11.3 Å². The molecule has 0 fully saturated rings. The fourth-order valence-electron chi connectivity index (χ4n) is 3.61. The van der Waals surface area contributed by atoms with Gasteiger partial charge in [-0.25, -0.2) is 9.78 Å². The Kier molecular flexibility index (Phi) is 6.20. The van der Waals surface area contributed by atoms with E-state index in [2.05, 4.69) is 11.4 Å². The second kappa shape index (κ2) is 9.23. The van der Waals surface area contributed by atoms with Gasteiger partial charge in [-0.1, -0.05) is 42.0 Å². The van der Waals surface area contributed by atoms with Gasteiger partial charge in [-0.05, 0) is 44.5 Å². The molecule has 0 aliphatic rings. The first-order chi connectivity index (χ1) is 15.9. The minimum absolute atomic E-state index is 0.227. The van der Waals surface area contributed by atoms with Crippen LogP contribution in [0.15, 0.2) is 54.6 Å². The average molecular weight is 456 g/mol. The number of benzene rings is 2. The molecule has 2 aromatic carbocycles. The van der Waals surface area contributed by atoms with E-state index in [1.54, 1.807) is 19.9 Å². The van der Waals surface area contributed by atoms with Crippen LogP contribution in [0.5, 0.6) is 0 Å². The Balaban J connectivity index is 1.79. The molecule has 7 heteroatoms. The van der Waals surface area contributed by atoms with Gasteiger partial charge in [0.25, 0.3) is 5.91 Å². The van der Waals surface area contributed by atoms with Crippen LogP contribution in [0.3, 0.4) is 0 Å². The smallest absolute Gasteiger partial charge is 0.348 e. The number of esters is 1. The van der Waals surface area contributed by atoms with E-state index < -0.39 is 5.97 Å². The Morgan fingerprint density at radius 1 is 1.12 bits per heavy atom. The molecule has 2 heterocycles. The number of anilines is 1. The van der Waals surface area contributed by atoms with E-state index in [1.165, 1.54) is 0 Å². The summed E-state index contributed by atoms with van der Waals surface area (Å²) < 4.78 is 5.08. The molecule has 0 bridgehead atoms. The number of nitrogens with one attached hydrogen (secondary N) is 1. The van der Waals surface area contributed by atoms with Crippen LogP contribution in [0.4, 0.5) is 5.00 Å². The normalized spacial score (nSPS) is 10.6. The number of fused-ring (bicyclic) bond motifs is 1. The van der Waals surface area contributed by atoms with Crippen molar-refractivity contribution < 1.29 is 14.3 Å². The van der Waals surface area contributed by atoms with Gasteiger partial charge in [-0.3, -0.25) is 4.79 Å².